The number of nitrogens with zero attached hydrogens (tertiary/aromatic N) is 1. The van der Waals surface area contributed by atoms with Gasteiger partial charge in [0.25, 0.3) is 11.6 Å². The van der Waals surface area contributed by atoms with Gasteiger partial charge in [0.1, 0.15) is 5.69 Å². The maximum absolute atomic E-state index is 12.1. The van der Waals surface area contributed by atoms with Crippen molar-refractivity contribution in [2.75, 3.05) is 18.6 Å². The number of carbonyl (C=O) groups excluding carboxylic acids is 1. The summed E-state index contributed by atoms with van der Waals surface area (Å²) in [6.07, 6.45) is 1.53. The average molecular weight is 280 g/mol. The summed E-state index contributed by atoms with van der Waals surface area (Å²) in [4.78, 5) is 22.3. The number of benzene rings is 1. The number of amides is 1. The molecule has 1 heterocycles. The summed E-state index contributed by atoms with van der Waals surface area (Å²) >= 11 is 0. The Morgan fingerprint density at radius 1 is 1.40 bits per heavy atom. The van der Waals surface area contributed by atoms with Crippen LogP contribution in [0, 0.1) is 10.1 Å². The highest BCUT2D eigenvalue weighted by Crippen LogP contribution is 2.24. The van der Waals surface area contributed by atoms with Gasteiger partial charge in [0.05, 0.1) is 4.92 Å². The fourth-order valence-corrected chi connectivity index (χ4v) is 2.06. The Kier molecular flexibility index (Phi) is 4.49. The largest absolute Gasteiger partial charge is 0.381 e. The van der Waals surface area contributed by atoms with E-state index in [2.05, 4.69) is 10.7 Å². The van der Waals surface area contributed by atoms with Crippen LogP contribution in [0.4, 0.5) is 11.4 Å². The number of anilines is 1. The molecule has 108 valence electrons. The first-order chi connectivity index (χ1) is 9.61. The number of nitrogens with one attached hydrogen (secondary N) is 2. The maximum atomic E-state index is 12.1. The Morgan fingerprint density at radius 2 is 2.10 bits per heavy atom. The molecule has 1 aromatic rings. The lowest BCUT2D eigenvalue weighted by Gasteiger charge is -2.23. The lowest BCUT2D eigenvalue weighted by atomic mass is 10.1. The van der Waals surface area contributed by atoms with E-state index in [4.69, 9.17) is 10.6 Å². The van der Waals surface area contributed by atoms with Crippen LogP contribution < -0.4 is 16.6 Å². The Labute approximate surface area is 115 Å². The summed E-state index contributed by atoms with van der Waals surface area (Å²) in [6.45, 7) is 1.25. The van der Waals surface area contributed by atoms with Crippen LogP contribution in [0.5, 0.6) is 0 Å². The second kappa shape index (κ2) is 6.31. The predicted molar refractivity (Wildman–Crippen MR) is 72.2 cm³/mol. The van der Waals surface area contributed by atoms with Crippen molar-refractivity contribution in [2.45, 2.75) is 18.9 Å². The van der Waals surface area contributed by atoms with E-state index in [1.165, 1.54) is 18.2 Å². The van der Waals surface area contributed by atoms with Crippen molar-refractivity contribution < 1.29 is 14.5 Å². The van der Waals surface area contributed by atoms with Crippen molar-refractivity contribution in [3.63, 3.8) is 0 Å². The van der Waals surface area contributed by atoms with Gasteiger partial charge in [-0.25, -0.2) is 0 Å². The van der Waals surface area contributed by atoms with Gasteiger partial charge in [-0.3, -0.25) is 20.8 Å². The molecular weight excluding hydrogens is 264 g/mol. The zero-order valence-corrected chi connectivity index (χ0v) is 10.8. The average Bonchev–Trinajstić information content (AvgIpc) is 2.47. The van der Waals surface area contributed by atoms with E-state index in [0.717, 1.165) is 12.8 Å². The van der Waals surface area contributed by atoms with Crippen LogP contribution in [0.25, 0.3) is 0 Å². The molecule has 1 aliphatic rings. The second-order valence-corrected chi connectivity index (χ2v) is 4.49. The smallest absolute Gasteiger partial charge is 0.293 e. The molecule has 0 unspecified atom stereocenters. The van der Waals surface area contributed by atoms with Gasteiger partial charge in [0.2, 0.25) is 0 Å². The number of nitro groups is 1. The summed E-state index contributed by atoms with van der Waals surface area (Å²) in [5.74, 6) is 4.96. The topological polar surface area (TPSA) is 120 Å². The maximum Gasteiger partial charge on any atom is 0.293 e. The Hall–Kier alpha value is -2.19. The Bertz CT molecular complexity index is 514. The number of nitro benzene ring substituents is 1. The first-order valence-corrected chi connectivity index (χ1v) is 6.25. The van der Waals surface area contributed by atoms with Crippen molar-refractivity contribution >= 4 is 17.3 Å². The van der Waals surface area contributed by atoms with Crippen LogP contribution in [0.1, 0.15) is 23.2 Å². The number of hydrogen-bond acceptors (Lipinski definition) is 6. The van der Waals surface area contributed by atoms with Crippen molar-refractivity contribution in [3.8, 4) is 0 Å². The summed E-state index contributed by atoms with van der Waals surface area (Å²) in [6, 6.07) is 4.11. The summed E-state index contributed by atoms with van der Waals surface area (Å²) in [7, 11) is 0. The molecule has 1 aromatic carbocycles. The molecule has 20 heavy (non-hydrogen) atoms. The monoisotopic (exact) mass is 280 g/mol. The van der Waals surface area contributed by atoms with Gasteiger partial charge < -0.3 is 15.5 Å². The van der Waals surface area contributed by atoms with Crippen molar-refractivity contribution in [1.82, 2.24) is 5.32 Å². The third kappa shape index (κ3) is 3.22. The third-order valence-electron chi connectivity index (χ3n) is 3.17. The molecule has 8 nitrogen and oxygen atoms in total. The minimum atomic E-state index is -0.560. The predicted octanol–water partition coefficient (Wildman–Crippen LogP) is 0.789. The van der Waals surface area contributed by atoms with Gasteiger partial charge in [0, 0.05) is 30.9 Å². The molecule has 0 bridgehead atoms. The molecule has 1 amide bonds. The quantitative estimate of drug-likeness (QED) is 0.426. The van der Waals surface area contributed by atoms with Crippen LogP contribution in [0.3, 0.4) is 0 Å². The number of hydrazine groups is 1. The standard InChI is InChI=1S/C12H16N4O4/c13-15-10-7-8(1-2-11(10)16(18)19)12(17)14-9-3-5-20-6-4-9/h1-2,7,9,15H,3-6,13H2,(H,14,17). The van der Waals surface area contributed by atoms with Crippen LogP contribution >= 0.6 is 0 Å². The normalized spacial score (nSPS) is 15.7. The van der Waals surface area contributed by atoms with E-state index < -0.39 is 4.92 Å². The van der Waals surface area contributed by atoms with Gasteiger partial charge in [-0.2, -0.15) is 0 Å². The summed E-state index contributed by atoms with van der Waals surface area (Å²) in [5, 5.41) is 13.7. The van der Waals surface area contributed by atoms with E-state index in [-0.39, 0.29) is 23.3 Å². The molecule has 0 spiro atoms. The fraction of sp³-hybridized carbons (Fsp3) is 0.417. The van der Waals surface area contributed by atoms with E-state index in [9.17, 15) is 14.9 Å². The lowest BCUT2D eigenvalue weighted by molar-refractivity contribution is -0.384. The minimum absolute atomic E-state index is 0.0701. The van der Waals surface area contributed by atoms with Crippen molar-refractivity contribution in [3.05, 3.63) is 33.9 Å². The molecule has 0 aromatic heterocycles. The first kappa shape index (κ1) is 14.2. The van der Waals surface area contributed by atoms with Gasteiger partial charge in [-0.05, 0) is 25.0 Å². The Morgan fingerprint density at radius 3 is 2.70 bits per heavy atom. The van der Waals surface area contributed by atoms with E-state index in [1.54, 1.807) is 0 Å². The fourth-order valence-electron chi connectivity index (χ4n) is 2.06. The highest BCUT2D eigenvalue weighted by molar-refractivity contribution is 5.96. The number of rotatable bonds is 4. The number of nitrogen functional groups attached to an aromatic ring is 1. The van der Waals surface area contributed by atoms with Crippen molar-refractivity contribution in [1.29, 1.82) is 0 Å². The molecule has 2 rings (SSSR count). The number of hydrogen-bond donors (Lipinski definition) is 3. The second-order valence-electron chi connectivity index (χ2n) is 4.49. The highest BCUT2D eigenvalue weighted by Gasteiger charge is 2.19. The Balaban J connectivity index is 2.11. The van der Waals surface area contributed by atoms with Crippen LogP contribution in [-0.2, 0) is 4.74 Å². The zero-order valence-electron chi connectivity index (χ0n) is 10.8. The molecule has 0 aliphatic carbocycles. The SMILES string of the molecule is NNc1cc(C(=O)NC2CCOCC2)ccc1[N+](=O)[O-]. The third-order valence-corrected chi connectivity index (χ3v) is 3.17. The number of nitrogens with two attached hydrogens (primary N) is 1. The molecule has 1 saturated heterocycles. The molecule has 1 aliphatic heterocycles. The lowest BCUT2D eigenvalue weighted by Crippen LogP contribution is -2.38. The van der Waals surface area contributed by atoms with Gasteiger partial charge in [0.15, 0.2) is 0 Å². The van der Waals surface area contributed by atoms with Gasteiger partial charge in [-0.15, -0.1) is 0 Å². The first-order valence-electron chi connectivity index (χ1n) is 6.25. The van der Waals surface area contributed by atoms with E-state index >= 15 is 0 Å². The van der Waals surface area contributed by atoms with Crippen molar-refractivity contribution in [2.24, 2.45) is 5.84 Å². The van der Waals surface area contributed by atoms with Gasteiger partial charge >= 0.3 is 0 Å². The molecule has 0 saturated carbocycles. The van der Waals surface area contributed by atoms with Gasteiger partial charge in [-0.1, -0.05) is 0 Å². The molecule has 8 heteroatoms. The minimum Gasteiger partial charge on any atom is -0.381 e. The van der Waals surface area contributed by atoms with Crippen LogP contribution in [-0.4, -0.2) is 30.1 Å². The highest BCUT2D eigenvalue weighted by atomic mass is 16.6. The number of carbonyl (C=O) groups is 1. The van der Waals surface area contributed by atoms with E-state index in [1.807, 2.05) is 0 Å². The molecule has 0 atom stereocenters. The van der Waals surface area contributed by atoms with Crippen LogP contribution in [0.15, 0.2) is 18.2 Å². The van der Waals surface area contributed by atoms with E-state index in [0.29, 0.717) is 18.8 Å². The zero-order chi connectivity index (χ0) is 14.5. The van der Waals surface area contributed by atoms with Crippen LogP contribution in [0.2, 0.25) is 0 Å². The molecule has 0 radical (unpaired) electrons. The summed E-state index contributed by atoms with van der Waals surface area (Å²) < 4.78 is 5.21. The number of ether oxygens (including phenoxy) is 1. The summed E-state index contributed by atoms with van der Waals surface area (Å²) in [5.41, 5.74) is 2.50. The molecule has 4 N–H and O–H groups in total. The molecular formula is C12H16N4O4. The molecule has 1 fully saturated rings.